The number of carbonyl (C=O) groups is 1. The van der Waals surface area contributed by atoms with Crippen LogP contribution in [0.5, 0.6) is 11.5 Å². The van der Waals surface area contributed by atoms with Crippen LogP contribution in [0.1, 0.15) is 23.4 Å². The number of ketones is 1. The zero-order valence-electron chi connectivity index (χ0n) is 14.2. The highest BCUT2D eigenvalue weighted by molar-refractivity contribution is 5.94. The largest absolute Gasteiger partial charge is 0.493 e. The standard InChI is InChI=1S/C18H19N3O4/c1-23-16-4-3-13(8-18(16)24-2)14-9-17(25-20-14)15(22)7-12-5-6-21(10-12)11-19/h3-4,8-9,12H,5-7,10H2,1-2H3/t12-/m0/s1. The molecule has 0 N–H and O–H groups in total. The lowest BCUT2D eigenvalue weighted by Gasteiger charge is -2.08. The molecular weight excluding hydrogens is 322 g/mol. The van der Waals surface area contributed by atoms with Crippen LogP contribution in [0.25, 0.3) is 11.3 Å². The highest BCUT2D eigenvalue weighted by Gasteiger charge is 2.26. The van der Waals surface area contributed by atoms with Crippen LogP contribution in [0, 0.1) is 17.4 Å². The van der Waals surface area contributed by atoms with Gasteiger partial charge in [0.2, 0.25) is 11.5 Å². The topological polar surface area (TPSA) is 88.6 Å². The van der Waals surface area contributed by atoms with Gasteiger partial charge in [-0.05, 0) is 30.5 Å². The first kappa shape index (κ1) is 16.8. The van der Waals surface area contributed by atoms with E-state index in [-0.39, 0.29) is 17.5 Å². The maximum absolute atomic E-state index is 12.4. The molecular formula is C18H19N3O4. The van der Waals surface area contributed by atoms with E-state index in [0.29, 0.717) is 36.7 Å². The Morgan fingerprint density at radius 3 is 2.84 bits per heavy atom. The third-order valence-electron chi connectivity index (χ3n) is 4.37. The normalized spacial score (nSPS) is 16.5. The molecule has 7 heteroatoms. The Labute approximate surface area is 145 Å². The van der Waals surface area contributed by atoms with Crippen molar-refractivity contribution in [3.05, 3.63) is 30.0 Å². The number of carbonyl (C=O) groups excluding carboxylic acids is 1. The lowest BCUT2D eigenvalue weighted by molar-refractivity contribution is 0.0927. The van der Waals surface area contributed by atoms with Gasteiger partial charge in [-0.2, -0.15) is 5.26 Å². The summed E-state index contributed by atoms with van der Waals surface area (Å²) in [5, 5.41) is 12.9. The molecule has 0 unspecified atom stereocenters. The van der Waals surface area contributed by atoms with Crippen molar-refractivity contribution in [3.63, 3.8) is 0 Å². The summed E-state index contributed by atoms with van der Waals surface area (Å²) in [5.41, 5.74) is 1.34. The molecule has 0 amide bonds. The van der Waals surface area contributed by atoms with Gasteiger partial charge in [-0.1, -0.05) is 5.16 Å². The van der Waals surface area contributed by atoms with Gasteiger partial charge in [0.25, 0.3) is 0 Å². The SMILES string of the molecule is COc1ccc(-c2cc(C(=O)C[C@@H]3CCN(C#N)C3)on2)cc1OC. The monoisotopic (exact) mass is 341 g/mol. The van der Waals surface area contributed by atoms with Crippen molar-refractivity contribution in [2.24, 2.45) is 5.92 Å². The highest BCUT2D eigenvalue weighted by Crippen LogP contribution is 2.32. The van der Waals surface area contributed by atoms with Crippen LogP contribution in [0.15, 0.2) is 28.8 Å². The number of hydrogen-bond donors (Lipinski definition) is 0. The molecule has 25 heavy (non-hydrogen) atoms. The minimum Gasteiger partial charge on any atom is -0.493 e. The number of methoxy groups -OCH3 is 2. The maximum Gasteiger partial charge on any atom is 0.203 e. The molecule has 0 bridgehead atoms. The van der Waals surface area contributed by atoms with Crippen molar-refractivity contribution in [3.8, 4) is 28.9 Å². The van der Waals surface area contributed by atoms with Gasteiger partial charge in [0.05, 0.1) is 14.2 Å². The molecule has 2 aromatic rings. The molecule has 0 saturated carbocycles. The van der Waals surface area contributed by atoms with Gasteiger partial charge in [-0.25, -0.2) is 0 Å². The first-order valence-corrected chi connectivity index (χ1v) is 8.01. The van der Waals surface area contributed by atoms with Crippen LogP contribution < -0.4 is 9.47 Å². The predicted octanol–water partition coefficient (Wildman–Crippen LogP) is 2.73. The quantitative estimate of drug-likeness (QED) is 0.589. The molecule has 1 atom stereocenters. The second kappa shape index (κ2) is 7.26. The van der Waals surface area contributed by atoms with Gasteiger partial charge in [-0.15, -0.1) is 0 Å². The van der Waals surface area contributed by atoms with Crippen LogP contribution in [0.4, 0.5) is 0 Å². The maximum atomic E-state index is 12.4. The van der Waals surface area contributed by atoms with E-state index in [4.69, 9.17) is 19.3 Å². The Morgan fingerprint density at radius 2 is 2.16 bits per heavy atom. The summed E-state index contributed by atoms with van der Waals surface area (Å²) in [5.74, 6) is 1.53. The van der Waals surface area contributed by atoms with Crippen molar-refractivity contribution in [2.45, 2.75) is 12.8 Å². The van der Waals surface area contributed by atoms with Crippen molar-refractivity contribution in [2.75, 3.05) is 27.3 Å². The Morgan fingerprint density at radius 1 is 1.36 bits per heavy atom. The molecule has 3 rings (SSSR count). The van der Waals surface area contributed by atoms with Gasteiger partial charge >= 0.3 is 0 Å². The minimum atomic E-state index is -0.0935. The molecule has 1 saturated heterocycles. The number of ether oxygens (including phenoxy) is 2. The lowest BCUT2D eigenvalue weighted by atomic mass is 10.0. The van der Waals surface area contributed by atoms with Crippen molar-refractivity contribution in [1.29, 1.82) is 5.26 Å². The highest BCUT2D eigenvalue weighted by atomic mass is 16.5. The van der Waals surface area contributed by atoms with E-state index in [1.807, 2.05) is 6.07 Å². The molecule has 0 aliphatic carbocycles. The van der Waals surface area contributed by atoms with E-state index in [1.54, 1.807) is 37.3 Å². The molecule has 1 aromatic heterocycles. The number of benzene rings is 1. The summed E-state index contributed by atoms with van der Waals surface area (Å²) < 4.78 is 15.7. The lowest BCUT2D eigenvalue weighted by Crippen LogP contribution is -2.15. The Balaban J connectivity index is 1.72. The fourth-order valence-electron chi connectivity index (χ4n) is 2.99. The van der Waals surface area contributed by atoms with E-state index >= 15 is 0 Å². The number of nitrogens with zero attached hydrogens (tertiary/aromatic N) is 3. The van der Waals surface area contributed by atoms with E-state index in [1.165, 1.54) is 0 Å². The van der Waals surface area contributed by atoms with Gasteiger partial charge < -0.3 is 18.9 Å². The molecule has 1 aliphatic rings. The number of likely N-dealkylation sites (tertiary alicyclic amines) is 1. The molecule has 130 valence electrons. The van der Waals surface area contributed by atoms with Crippen molar-refractivity contribution < 1.29 is 18.8 Å². The van der Waals surface area contributed by atoms with E-state index in [9.17, 15) is 4.79 Å². The molecule has 1 aromatic carbocycles. The Hall–Kier alpha value is -3.01. The number of nitriles is 1. The van der Waals surface area contributed by atoms with Gasteiger partial charge in [-0.3, -0.25) is 4.79 Å². The minimum absolute atomic E-state index is 0.0935. The molecule has 1 aliphatic heterocycles. The van der Waals surface area contributed by atoms with Crippen LogP contribution >= 0.6 is 0 Å². The van der Waals surface area contributed by atoms with E-state index in [2.05, 4.69) is 11.3 Å². The average Bonchev–Trinajstić information content (AvgIpc) is 3.30. The first-order chi connectivity index (χ1) is 12.1. The van der Waals surface area contributed by atoms with E-state index < -0.39 is 0 Å². The van der Waals surface area contributed by atoms with Crippen LogP contribution in [0.3, 0.4) is 0 Å². The molecule has 2 heterocycles. The number of rotatable bonds is 6. The zero-order chi connectivity index (χ0) is 17.8. The summed E-state index contributed by atoms with van der Waals surface area (Å²) in [6.07, 6.45) is 3.32. The van der Waals surface area contributed by atoms with Gasteiger partial charge in [0.15, 0.2) is 17.7 Å². The molecule has 7 nitrogen and oxygen atoms in total. The third kappa shape index (κ3) is 3.58. The second-order valence-corrected chi connectivity index (χ2v) is 5.97. The summed E-state index contributed by atoms with van der Waals surface area (Å²) in [4.78, 5) is 14.1. The number of aromatic nitrogens is 1. The fourth-order valence-corrected chi connectivity index (χ4v) is 2.99. The summed E-state index contributed by atoms with van der Waals surface area (Å²) in [6.45, 7) is 1.33. The average molecular weight is 341 g/mol. The van der Waals surface area contributed by atoms with E-state index in [0.717, 1.165) is 12.0 Å². The van der Waals surface area contributed by atoms with Crippen molar-refractivity contribution >= 4 is 5.78 Å². The smallest absolute Gasteiger partial charge is 0.203 e. The fraction of sp³-hybridized carbons (Fsp3) is 0.389. The van der Waals surface area contributed by atoms with Crippen LogP contribution in [-0.4, -0.2) is 43.1 Å². The third-order valence-corrected chi connectivity index (χ3v) is 4.37. The van der Waals surface area contributed by atoms with Crippen LogP contribution in [-0.2, 0) is 0 Å². The van der Waals surface area contributed by atoms with Crippen LogP contribution in [0.2, 0.25) is 0 Å². The molecule has 0 spiro atoms. The molecule has 1 fully saturated rings. The van der Waals surface area contributed by atoms with Gasteiger partial charge in [0.1, 0.15) is 5.69 Å². The predicted molar refractivity (Wildman–Crippen MR) is 89.3 cm³/mol. The summed E-state index contributed by atoms with van der Waals surface area (Å²) in [7, 11) is 3.13. The summed E-state index contributed by atoms with van der Waals surface area (Å²) in [6, 6.07) is 7.03. The number of hydrogen-bond acceptors (Lipinski definition) is 7. The summed E-state index contributed by atoms with van der Waals surface area (Å²) >= 11 is 0. The zero-order valence-corrected chi connectivity index (χ0v) is 14.2. The molecule has 0 radical (unpaired) electrons. The first-order valence-electron chi connectivity index (χ1n) is 8.01. The van der Waals surface area contributed by atoms with Gasteiger partial charge in [0, 0.05) is 31.1 Å². The van der Waals surface area contributed by atoms with Crippen molar-refractivity contribution in [1.82, 2.24) is 10.1 Å². The Kier molecular flexibility index (Phi) is 4.89. The second-order valence-electron chi connectivity index (χ2n) is 5.97. The Bertz CT molecular complexity index is 809. The number of Topliss-reactive ketones (excluding diaryl/α,β-unsaturated/α-hetero) is 1.